The van der Waals surface area contributed by atoms with Gasteiger partial charge in [0.05, 0.1) is 6.61 Å². The van der Waals surface area contributed by atoms with Crippen LogP contribution in [-0.4, -0.2) is 45.2 Å². The Labute approximate surface area is 246 Å². The zero-order chi connectivity index (χ0) is 29.7. The smallest absolute Gasteiger partial charge is 0.209 e. The van der Waals surface area contributed by atoms with Crippen molar-refractivity contribution in [2.24, 2.45) is 0 Å². The van der Waals surface area contributed by atoms with Gasteiger partial charge in [-0.1, -0.05) is 115 Å². The average Bonchev–Trinajstić information content (AvgIpc) is 2.96. The summed E-state index contributed by atoms with van der Waals surface area (Å²) >= 11 is 0. The fourth-order valence-electron chi connectivity index (χ4n) is 5.05. The third-order valence-corrected chi connectivity index (χ3v) is 7.84. The lowest BCUT2D eigenvalue weighted by atomic mass is 9.82. The van der Waals surface area contributed by atoms with Crippen LogP contribution in [0.5, 0.6) is 0 Å². The standard InChI is InChI=1S/C35H64O5/c1-3-5-7-9-11-13-15-17-19-21-23-25-27-29-32(37)35(40,34(39)31-36)33(38)30-28-26-24-22-20-18-16-14-12-10-8-6-4-2/h13-16,34,36,39-40H,3-12,17-31H2,1-2H3. The first-order valence-electron chi connectivity index (χ1n) is 16.8. The number of aliphatic hydroxyl groups excluding tert-OH is 2. The van der Waals surface area contributed by atoms with Crippen molar-refractivity contribution in [3.8, 4) is 0 Å². The highest BCUT2D eigenvalue weighted by Crippen LogP contribution is 2.22. The Morgan fingerprint density at radius 3 is 1.18 bits per heavy atom. The molecule has 0 bridgehead atoms. The highest BCUT2D eigenvalue weighted by molar-refractivity contribution is 6.10. The number of carbonyl (C=O) groups excluding carboxylic acids is 2. The quantitative estimate of drug-likeness (QED) is 0.0461. The second-order valence-electron chi connectivity index (χ2n) is 11.6. The summed E-state index contributed by atoms with van der Waals surface area (Å²) in [6, 6.07) is 0. The molecule has 234 valence electrons. The minimum atomic E-state index is -2.49. The normalized spacial score (nSPS) is 14.2. The molecule has 40 heavy (non-hydrogen) atoms. The van der Waals surface area contributed by atoms with Crippen LogP contribution in [0.1, 0.15) is 168 Å². The summed E-state index contributed by atoms with van der Waals surface area (Å²) in [7, 11) is 0. The Morgan fingerprint density at radius 2 is 0.850 bits per heavy atom. The van der Waals surface area contributed by atoms with Crippen molar-refractivity contribution in [3.63, 3.8) is 0 Å². The van der Waals surface area contributed by atoms with Crippen molar-refractivity contribution in [1.82, 2.24) is 0 Å². The monoisotopic (exact) mass is 564 g/mol. The van der Waals surface area contributed by atoms with Crippen LogP contribution in [-0.2, 0) is 9.59 Å². The molecule has 0 fully saturated rings. The zero-order valence-electron chi connectivity index (χ0n) is 26.2. The third-order valence-electron chi connectivity index (χ3n) is 7.84. The molecule has 0 aromatic rings. The van der Waals surface area contributed by atoms with E-state index in [2.05, 4.69) is 38.2 Å². The van der Waals surface area contributed by atoms with E-state index in [0.717, 1.165) is 64.2 Å². The minimum absolute atomic E-state index is 0.0447. The molecule has 3 N–H and O–H groups in total. The first-order chi connectivity index (χ1) is 19.4. The van der Waals surface area contributed by atoms with Gasteiger partial charge in [0.15, 0.2) is 11.6 Å². The van der Waals surface area contributed by atoms with Gasteiger partial charge in [0, 0.05) is 12.8 Å². The number of ketones is 2. The molecule has 0 amide bonds. The van der Waals surface area contributed by atoms with Gasteiger partial charge in [0.25, 0.3) is 0 Å². The van der Waals surface area contributed by atoms with E-state index in [1.54, 1.807) is 0 Å². The van der Waals surface area contributed by atoms with Crippen molar-refractivity contribution in [2.75, 3.05) is 6.61 Å². The number of Topliss-reactive ketones (excluding diaryl/α,β-unsaturated/α-hetero) is 2. The fourth-order valence-corrected chi connectivity index (χ4v) is 5.05. The second kappa shape index (κ2) is 27.8. The molecule has 0 saturated carbocycles. The topological polar surface area (TPSA) is 94.8 Å². The molecule has 0 radical (unpaired) electrons. The molecule has 0 spiro atoms. The van der Waals surface area contributed by atoms with E-state index in [9.17, 15) is 24.9 Å². The lowest BCUT2D eigenvalue weighted by molar-refractivity contribution is -0.166. The highest BCUT2D eigenvalue weighted by atomic mass is 16.4. The lowest BCUT2D eigenvalue weighted by Crippen LogP contribution is -2.57. The highest BCUT2D eigenvalue weighted by Gasteiger charge is 2.48. The van der Waals surface area contributed by atoms with Crippen molar-refractivity contribution in [1.29, 1.82) is 0 Å². The largest absolute Gasteiger partial charge is 0.394 e. The summed E-state index contributed by atoms with van der Waals surface area (Å²) < 4.78 is 0. The number of hydrogen-bond donors (Lipinski definition) is 3. The number of hydrogen-bond acceptors (Lipinski definition) is 5. The Balaban J connectivity index is 4.10. The van der Waals surface area contributed by atoms with E-state index in [-0.39, 0.29) is 12.8 Å². The molecule has 0 aromatic carbocycles. The van der Waals surface area contributed by atoms with E-state index in [1.807, 2.05) is 0 Å². The summed E-state index contributed by atoms with van der Waals surface area (Å²) in [5.74, 6) is -1.32. The maximum atomic E-state index is 12.8. The van der Waals surface area contributed by atoms with Crippen LogP contribution in [0.3, 0.4) is 0 Å². The molecule has 1 unspecified atom stereocenters. The van der Waals surface area contributed by atoms with Crippen LogP contribution in [0.2, 0.25) is 0 Å². The molecule has 0 aliphatic carbocycles. The number of rotatable bonds is 30. The summed E-state index contributed by atoms with van der Waals surface area (Å²) in [4.78, 5) is 25.6. The lowest BCUT2D eigenvalue weighted by Gasteiger charge is -2.29. The van der Waals surface area contributed by atoms with Crippen LogP contribution in [0.4, 0.5) is 0 Å². The van der Waals surface area contributed by atoms with Gasteiger partial charge in [-0.05, 0) is 64.2 Å². The number of aliphatic hydroxyl groups is 3. The third kappa shape index (κ3) is 19.7. The maximum absolute atomic E-state index is 12.8. The number of unbranched alkanes of at least 4 members (excludes halogenated alkanes) is 18. The van der Waals surface area contributed by atoms with Crippen LogP contribution in [0.25, 0.3) is 0 Å². The minimum Gasteiger partial charge on any atom is -0.394 e. The van der Waals surface area contributed by atoms with Crippen LogP contribution < -0.4 is 0 Å². The summed E-state index contributed by atoms with van der Waals surface area (Å²) in [5.41, 5.74) is -2.49. The molecule has 0 aliphatic heterocycles. The van der Waals surface area contributed by atoms with Gasteiger partial charge in [-0.15, -0.1) is 0 Å². The van der Waals surface area contributed by atoms with E-state index < -0.39 is 29.9 Å². The molecular formula is C35H64O5. The van der Waals surface area contributed by atoms with Crippen LogP contribution >= 0.6 is 0 Å². The Morgan fingerprint density at radius 1 is 0.550 bits per heavy atom. The molecule has 0 rings (SSSR count). The van der Waals surface area contributed by atoms with Crippen molar-refractivity contribution >= 4 is 11.6 Å². The first kappa shape index (κ1) is 38.7. The van der Waals surface area contributed by atoms with Gasteiger partial charge in [0.2, 0.25) is 5.60 Å². The molecule has 5 nitrogen and oxygen atoms in total. The molecule has 5 heteroatoms. The van der Waals surface area contributed by atoms with Gasteiger partial charge < -0.3 is 15.3 Å². The van der Waals surface area contributed by atoms with Gasteiger partial charge >= 0.3 is 0 Å². The molecule has 0 aromatic heterocycles. The molecule has 1 atom stereocenters. The number of carbonyl (C=O) groups is 2. The maximum Gasteiger partial charge on any atom is 0.209 e. The van der Waals surface area contributed by atoms with E-state index in [1.165, 1.54) is 64.2 Å². The molecular weight excluding hydrogens is 500 g/mol. The van der Waals surface area contributed by atoms with Crippen LogP contribution in [0.15, 0.2) is 24.3 Å². The Hall–Kier alpha value is -1.30. The van der Waals surface area contributed by atoms with Crippen LogP contribution in [0, 0.1) is 0 Å². The second-order valence-corrected chi connectivity index (χ2v) is 11.6. The predicted molar refractivity (Wildman–Crippen MR) is 168 cm³/mol. The molecule has 0 aliphatic rings. The zero-order valence-corrected chi connectivity index (χ0v) is 26.2. The SMILES string of the molecule is CCCCCCC=CCCCCCCCC(=O)C(O)(C(=O)CCCCCCCC=CCCCCCC)C(O)CO. The van der Waals surface area contributed by atoms with E-state index in [0.29, 0.717) is 12.8 Å². The number of allylic oxidation sites excluding steroid dienone is 4. The van der Waals surface area contributed by atoms with E-state index in [4.69, 9.17) is 0 Å². The van der Waals surface area contributed by atoms with Crippen molar-refractivity contribution < 1.29 is 24.9 Å². The van der Waals surface area contributed by atoms with E-state index >= 15 is 0 Å². The summed E-state index contributed by atoms with van der Waals surface area (Å²) in [5, 5.41) is 30.5. The van der Waals surface area contributed by atoms with Gasteiger partial charge in [0.1, 0.15) is 6.10 Å². The van der Waals surface area contributed by atoms with Crippen molar-refractivity contribution in [3.05, 3.63) is 24.3 Å². The van der Waals surface area contributed by atoms with Crippen molar-refractivity contribution in [2.45, 2.75) is 180 Å². The van der Waals surface area contributed by atoms with Gasteiger partial charge in [-0.2, -0.15) is 0 Å². The Kier molecular flexibility index (Phi) is 26.9. The Bertz CT molecular complexity index is 606. The summed E-state index contributed by atoms with van der Waals surface area (Å²) in [6.07, 6.45) is 31.6. The summed E-state index contributed by atoms with van der Waals surface area (Å²) in [6.45, 7) is 3.64. The first-order valence-corrected chi connectivity index (χ1v) is 16.8. The van der Waals surface area contributed by atoms with Gasteiger partial charge in [-0.3, -0.25) is 9.59 Å². The predicted octanol–water partition coefficient (Wildman–Crippen LogP) is 8.72. The molecule has 0 saturated heterocycles. The molecule has 0 heterocycles. The average molecular weight is 565 g/mol. The fraction of sp³-hybridized carbons (Fsp3) is 0.829. The van der Waals surface area contributed by atoms with Gasteiger partial charge in [-0.25, -0.2) is 0 Å².